The van der Waals surface area contributed by atoms with E-state index in [9.17, 15) is 0 Å². The maximum atomic E-state index is 6.07. The van der Waals surface area contributed by atoms with Crippen molar-refractivity contribution in [2.45, 2.75) is 39.7 Å². The van der Waals surface area contributed by atoms with Gasteiger partial charge in [0.25, 0.3) is 0 Å². The number of nitrogens with two attached hydrogens (primary N) is 1. The molecule has 5 nitrogen and oxygen atoms in total. The lowest BCUT2D eigenvalue weighted by molar-refractivity contribution is 0.289. The zero-order chi connectivity index (χ0) is 15.4. The molecular formula is C15H24BrN5. The quantitative estimate of drug-likeness (QED) is 0.827. The molecule has 0 bridgehead atoms. The molecule has 2 N–H and O–H groups in total. The van der Waals surface area contributed by atoms with E-state index in [2.05, 4.69) is 51.6 Å². The third-order valence-corrected chi connectivity index (χ3v) is 4.39. The Morgan fingerprint density at radius 3 is 2.76 bits per heavy atom. The van der Waals surface area contributed by atoms with E-state index in [0.717, 1.165) is 48.1 Å². The van der Waals surface area contributed by atoms with Gasteiger partial charge < -0.3 is 10.6 Å². The van der Waals surface area contributed by atoms with Crippen molar-refractivity contribution in [2.75, 3.05) is 25.4 Å². The number of imidazole rings is 1. The van der Waals surface area contributed by atoms with Crippen LogP contribution in [-0.4, -0.2) is 39.1 Å². The number of nitrogens with zero attached hydrogens (tertiary/aromatic N) is 4. The third kappa shape index (κ3) is 3.74. The lowest BCUT2D eigenvalue weighted by Gasteiger charge is -2.20. The Hall–Kier alpha value is -1.14. The molecule has 2 aromatic rings. The summed E-state index contributed by atoms with van der Waals surface area (Å²) in [5.41, 5.74) is 7.79. The SMILES string of the molecule is CCN(CC)CCCC(C)n1c(N)nc2cc(Br)cnc21. The van der Waals surface area contributed by atoms with Crippen LogP contribution in [0.3, 0.4) is 0 Å². The van der Waals surface area contributed by atoms with Gasteiger partial charge in [-0.05, 0) is 61.4 Å². The molecule has 0 fully saturated rings. The van der Waals surface area contributed by atoms with Crippen LogP contribution < -0.4 is 5.73 Å². The Balaban J connectivity index is 2.09. The molecule has 6 heteroatoms. The minimum atomic E-state index is 0.305. The second-order valence-electron chi connectivity index (χ2n) is 5.35. The van der Waals surface area contributed by atoms with Crippen LogP contribution >= 0.6 is 15.9 Å². The van der Waals surface area contributed by atoms with Crippen LogP contribution in [0.2, 0.25) is 0 Å². The van der Waals surface area contributed by atoms with Gasteiger partial charge in [-0.15, -0.1) is 0 Å². The average molecular weight is 354 g/mol. The molecule has 116 valence electrons. The number of hydrogen-bond acceptors (Lipinski definition) is 4. The van der Waals surface area contributed by atoms with Crippen LogP contribution in [0.4, 0.5) is 5.95 Å². The molecule has 2 heterocycles. The van der Waals surface area contributed by atoms with E-state index in [0.29, 0.717) is 12.0 Å². The monoisotopic (exact) mass is 353 g/mol. The Bertz CT molecular complexity index is 591. The smallest absolute Gasteiger partial charge is 0.202 e. The summed E-state index contributed by atoms with van der Waals surface area (Å²) in [4.78, 5) is 11.3. The number of hydrogen-bond donors (Lipinski definition) is 1. The molecule has 0 spiro atoms. The number of nitrogen functional groups attached to an aromatic ring is 1. The van der Waals surface area contributed by atoms with E-state index in [1.165, 1.54) is 0 Å². The first-order chi connectivity index (χ1) is 10.1. The average Bonchev–Trinajstić information content (AvgIpc) is 2.78. The van der Waals surface area contributed by atoms with Crippen molar-refractivity contribution in [1.29, 1.82) is 0 Å². The maximum absolute atomic E-state index is 6.07. The van der Waals surface area contributed by atoms with Crippen LogP contribution in [0.25, 0.3) is 11.2 Å². The van der Waals surface area contributed by atoms with Crippen molar-refractivity contribution < 1.29 is 0 Å². The normalized spacial score (nSPS) is 13.2. The number of aromatic nitrogens is 3. The lowest BCUT2D eigenvalue weighted by atomic mass is 10.1. The number of pyridine rings is 1. The highest BCUT2D eigenvalue weighted by Gasteiger charge is 2.15. The topological polar surface area (TPSA) is 60.0 Å². The fraction of sp³-hybridized carbons (Fsp3) is 0.600. The molecular weight excluding hydrogens is 330 g/mol. The summed E-state index contributed by atoms with van der Waals surface area (Å²) in [6, 6.07) is 2.26. The Morgan fingerprint density at radius 2 is 2.10 bits per heavy atom. The van der Waals surface area contributed by atoms with Gasteiger partial charge in [0.1, 0.15) is 5.52 Å². The van der Waals surface area contributed by atoms with Gasteiger partial charge in [-0.2, -0.15) is 0 Å². The van der Waals surface area contributed by atoms with Gasteiger partial charge in [-0.1, -0.05) is 13.8 Å². The predicted octanol–water partition coefficient (Wildman–Crippen LogP) is 3.46. The summed E-state index contributed by atoms with van der Waals surface area (Å²) in [5.74, 6) is 0.547. The molecule has 1 unspecified atom stereocenters. The molecule has 0 saturated heterocycles. The van der Waals surface area contributed by atoms with Gasteiger partial charge in [-0.3, -0.25) is 4.57 Å². The summed E-state index contributed by atoms with van der Waals surface area (Å²) in [7, 11) is 0. The fourth-order valence-electron chi connectivity index (χ4n) is 2.69. The van der Waals surface area contributed by atoms with Crippen LogP contribution in [0, 0.1) is 0 Å². The summed E-state index contributed by atoms with van der Waals surface area (Å²) >= 11 is 3.42. The van der Waals surface area contributed by atoms with E-state index in [-0.39, 0.29) is 0 Å². The Labute approximate surface area is 134 Å². The first kappa shape index (κ1) is 16.2. The molecule has 0 amide bonds. The van der Waals surface area contributed by atoms with Crippen molar-refractivity contribution in [3.05, 3.63) is 16.7 Å². The minimum Gasteiger partial charge on any atom is -0.369 e. The minimum absolute atomic E-state index is 0.305. The van der Waals surface area contributed by atoms with Gasteiger partial charge in [0, 0.05) is 16.7 Å². The van der Waals surface area contributed by atoms with Crippen molar-refractivity contribution in [1.82, 2.24) is 19.4 Å². The molecule has 1 atom stereocenters. The zero-order valence-corrected chi connectivity index (χ0v) is 14.6. The Morgan fingerprint density at radius 1 is 1.38 bits per heavy atom. The molecule has 2 aromatic heterocycles. The Kier molecular flexibility index (Phi) is 5.58. The highest BCUT2D eigenvalue weighted by molar-refractivity contribution is 9.10. The first-order valence-electron chi connectivity index (χ1n) is 7.58. The molecule has 0 aliphatic heterocycles. The molecule has 0 aromatic carbocycles. The van der Waals surface area contributed by atoms with Gasteiger partial charge >= 0.3 is 0 Å². The largest absolute Gasteiger partial charge is 0.369 e. The number of fused-ring (bicyclic) bond motifs is 1. The van der Waals surface area contributed by atoms with Crippen LogP contribution in [0.1, 0.15) is 39.7 Å². The third-order valence-electron chi connectivity index (χ3n) is 3.96. The van der Waals surface area contributed by atoms with Crippen molar-refractivity contribution in [2.24, 2.45) is 0 Å². The van der Waals surface area contributed by atoms with Gasteiger partial charge in [0.05, 0.1) is 0 Å². The standard InChI is InChI=1S/C15H24BrN5/c1-4-20(5-2)8-6-7-11(3)21-14-13(19-15(21)17)9-12(16)10-18-14/h9-11H,4-8H2,1-3H3,(H2,17,19). The lowest BCUT2D eigenvalue weighted by Crippen LogP contribution is -2.24. The number of halogens is 1. The summed E-state index contributed by atoms with van der Waals surface area (Å²) in [6.45, 7) is 9.94. The highest BCUT2D eigenvalue weighted by atomic mass is 79.9. The maximum Gasteiger partial charge on any atom is 0.202 e. The molecule has 0 radical (unpaired) electrons. The predicted molar refractivity (Wildman–Crippen MR) is 91.4 cm³/mol. The zero-order valence-electron chi connectivity index (χ0n) is 13.0. The number of anilines is 1. The van der Waals surface area contributed by atoms with E-state index in [1.807, 2.05) is 10.6 Å². The van der Waals surface area contributed by atoms with Crippen LogP contribution in [-0.2, 0) is 0 Å². The molecule has 0 saturated carbocycles. The summed E-state index contributed by atoms with van der Waals surface area (Å²) < 4.78 is 2.97. The first-order valence-corrected chi connectivity index (χ1v) is 8.37. The van der Waals surface area contributed by atoms with E-state index < -0.39 is 0 Å². The van der Waals surface area contributed by atoms with Gasteiger partial charge in [0.2, 0.25) is 5.95 Å². The fourth-order valence-corrected chi connectivity index (χ4v) is 3.01. The van der Waals surface area contributed by atoms with Crippen molar-refractivity contribution >= 4 is 33.0 Å². The molecule has 2 rings (SSSR count). The molecule has 21 heavy (non-hydrogen) atoms. The van der Waals surface area contributed by atoms with Gasteiger partial charge in [0.15, 0.2) is 5.65 Å². The van der Waals surface area contributed by atoms with E-state index in [4.69, 9.17) is 5.73 Å². The van der Waals surface area contributed by atoms with Gasteiger partial charge in [-0.25, -0.2) is 9.97 Å². The van der Waals surface area contributed by atoms with Crippen molar-refractivity contribution in [3.8, 4) is 0 Å². The number of rotatable bonds is 7. The molecule has 0 aliphatic rings. The van der Waals surface area contributed by atoms with Crippen LogP contribution in [0.5, 0.6) is 0 Å². The second kappa shape index (κ2) is 7.22. The highest BCUT2D eigenvalue weighted by Crippen LogP contribution is 2.25. The summed E-state index contributed by atoms with van der Waals surface area (Å²) in [5, 5.41) is 0. The van der Waals surface area contributed by atoms with Crippen LogP contribution in [0.15, 0.2) is 16.7 Å². The summed E-state index contributed by atoms with van der Waals surface area (Å²) in [6.07, 6.45) is 4.02. The second-order valence-corrected chi connectivity index (χ2v) is 6.27. The van der Waals surface area contributed by atoms with Crippen molar-refractivity contribution in [3.63, 3.8) is 0 Å². The van der Waals surface area contributed by atoms with E-state index in [1.54, 1.807) is 6.20 Å². The van der Waals surface area contributed by atoms with E-state index >= 15 is 0 Å². The molecule has 0 aliphatic carbocycles.